The van der Waals surface area contributed by atoms with Crippen LogP contribution in [0.3, 0.4) is 0 Å². The molecule has 1 atom stereocenters. The smallest absolute Gasteiger partial charge is 0.0208 e. The van der Waals surface area contributed by atoms with Crippen molar-refractivity contribution in [2.24, 2.45) is 11.3 Å². The minimum Gasteiger partial charge on any atom is -0.0884 e. The van der Waals surface area contributed by atoms with E-state index in [1.807, 2.05) is 0 Å². The van der Waals surface area contributed by atoms with E-state index < -0.39 is 0 Å². The number of hydrogen-bond donors (Lipinski definition) is 0. The van der Waals surface area contributed by atoms with E-state index in [-0.39, 0.29) is 0 Å². The van der Waals surface area contributed by atoms with Crippen LogP contribution >= 0.6 is 15.9 Å². The molecule has 1 heteroatoms. The largest absolute Gasteiger partial charge is 0.0884 e. The van der Waals surface area contributed by atoms with E-state index in [0.717, 1.165) is 16.2 Å². The third kappa shape index (κ3) is 1.37. The summed E-state index contributed by atoms with van der Waals surface area (Å²) in [5.41, 5.74) is 0.783. The van der Waals surface area contributed by atoms with Crippen molar-refractivity contribution in [3.63, 3.8) is 0 Å². The Kier molecular flexibility index (Phi) is 2.03. The highest BCUT2D eigenvalue weighted by Gasteiger charge is 2.53. The molecule has 0 saturated heterocycles. The molecule has 0 aromatic rings. The van der Waals surface area contributed by atoms with Crippen LogP contribution in [0, 0.1) is 11.3 Å². The highest BCUT2D eigenvalue weighted by Crippen LogP contribution is 2.61. The van der Waals surface area contributed by atoms with Gasteiger partial charge in [0.05, 0.1) is 0 Å². The molecular formula is C10H17Br. The molecule has 0 aliphatic heterocycles. The second-order valence-electron chi connectivity index (χ2n) is 4.39. The van der Waals surface area contributed by atoms with Crippen molar-refractivity contribution in [2.45, 2.75) is 50.3 Å². The maximum absolute atomic E-state index is 3.74. The Bertz CT molecular complexity index is 145. The molecule has 2 fully saturated rings. The maximum atomic E-state index is 3.74. The van der Waals surface area contributed by atoms with Gasteiger partial charge in [-0.3, -0.25) is 0 Å². The van der Waals surface area contributed by atoms with Gasteiger partial charge in [0.1, 0.15) is 0 Å². The van der Waals surface area contributed by atoms with Crippen molar-refractivity contribution in [1.29, 1.82) is 0 Å². The van der Waals surface area contributed by atoms with Crippen molar-refractivity contribution in [2.75, 3.05) is 0 Å². The number of rotatable bonds is 1. The van der Waals surface area contributed by atoms with Gasteiger partial charge in [0.15, 0.2) is 0 Å². The molecule has 2 aliphatic rings. The summed E-state index contributed by atoms with van der Waals surface area (Å²) >= 11 is 3.74. The van der Waals surface area contributed by atoms with Crippen LogP contribution in [0.2, 0.25) is 0 Å². The predicted molar refractivity (Wildman–Crippen MR) is 52.0 cm³/mol. The van der Waals surface area contributed by atoms with Gasteiger partial charge >= 0.3 is 0 Å². The van der Waals surface area contributed by atoms with Crippen LogP contribution in [0.15, 0.2) is 0 Å². The molecule has 64 valence electrons. The summed E-state index contributed by atoms with van der Waals surface area (Å²) in [6.45, 7) is 2.33. The lowest BCUT2D eigenvalue weighted by molar-refractivity contribution is 0.254. The average Bonchev–Trinajstić information content (AvgIpc) is 2.64. The Labute approximate surface area is 77.9 Å². The molecule has 1 spiro atoms. The van der Waals surface area contributed by atoms with Crippen LogP contribution in [0.4, 0.5) is 0 Å². The van der Waals surface area contributed by atoms with E-state index >= 15 is 0 Å². The van der Waals surface area contributed by atoms with E-state index in [0.29, 0.717) is 0 Å². The van der Waals surface area contributed by atoms with E-state index in [1.165, 1.54) is 38.5 Å². The molecule has 0 aromatic carbocycles. The lowest BCUT2D eigenvalue weighted by Gasteiger charge is -2.27. The van der Waals surface area contributed by atoms with Crippen molar-refractivity contribution < 1.29 is 0 Å². The van der Waals surface area contributed by atoms with Crippen molar-refractivity contribution in [1.82, 2.24) is 0 Å². The lowest BCUT2D eigenvalue weighted by Crippen LogP contribution is -2.16. The first-order valence-corrected chi connectivity index (χ1v) is 5.82. The van der Waals surface area contributed by atoms with Crippen LogP contribution in [-0.2, 0) is 0 Å². The van der Waals surface area contributed by atoms with Crippen LogP contribution in [0.5, 0.6) is 0 Å². The highest BCUT2D eigenvalue weighted by atomic mass is 79.9. The lowest BCUT2D eigenvalue weighted by atomic mass is 9.79. The first-order valence-electron chi connectivity index (χ1n) is 4.91. The SMILES string of the molecule is CCC1CCC2(CC1)CC2Br. The van der Waals surface area contributed by atoms with E-state index in [9.17, 15) is 0 Å². The fourth-order valence-corrected chi connectivity index (χ4v) is 3.58. The quantitative estimate of drug-likeness (QED) is 0.587. The first kappa shape index (κ1) is 8.10. The van der Waals surface area contributed by atoms with Crippen LogP contribution in [0.25, 0.3) is 0 Å². The Morgan fingerprint density at radius 2 is 1.91 bits per heavy atom. The normalized spacial score (nSPS) is 49.6. The van der Waals surface area contributed by atoms with Crippen LogP contribution < -0.4 is 0 Å². The zero-order valence-corrected chi connectivity index (χ0v) is 8.86. The van der Waals surface area contributed by atoms with Crippen LogP contribution in [0.1, 0.15) is 45.4 Å². The maximum Gasteiger partial charge on any atom is 0.0208 e. The Morgan fingerprint density at radius 3 is 2.27 bits per heavy atom. The molecule has 0 aromatic heterocycles. The van der Waals surface area contributed by atoms with E-state index in [1.54, 1.807) is 0 Å². The third-order valence-electron chi connectivity index (χ3n) is 3.77. The molecular weight excluding hydrogens is 200 g/mol. The molecule has 2 aliphatic carbocycles. The summed E-state index contributed by atoms with van der Waals surface area (Å²) in [6.07, 6.45) is 8.87. The zero-order valence-electron chi connectivity index (χ0n) is 7.28. The molecule has 0 bridgehead atoms. The Balaban J connectivity index is 1.86. The average molecular weight is 217 g/mol. The standard InChI is InChI=1S/C10H17Br/c1-2-8-3-5-10(6-4-8)7-9(10)11/h8-9H,2-7H2,1H3. The zero-order chi connectivity index (χ0) is 7.90. The fourth-order valence-electron chi connectivity index (χ4n) is 2.48. The van der Waals surface area contributed by atoms with Gasteiger partial charge in [-0.2, -0.15) is 0 Å². The minimum atomic E-state index is 0.783. The highest BCUT2D eigenvalue weighted by molar-refractivity contribution is 9.09. The van der Waals surface area contributed by atoms with Crippen molar-refractivity contribution in [3.05, 3.63) is 0 Å². The molecule has 1 unspecified atom stereocenters. The van der Waals surface area contributed by atoms with Gasteiger partial charge in [0.2, 0.25) is 0 Å². The summed E-state index contributed by atoms with van der Waals surface area (Å²) < 4.78 is 0. The van der Waals surface area contributed by atoms with Gasteiger partial charge in [-0.25, -0.2) is 0 Å². The molecule has 0 nitrogen and oxygen atoms in total. The summed E-state index contributed by atoms with van der Waals surface area (Å²) in [6, 6.07) is 0. The van der Waals surface area contributed by atoms with Crippen molar-refractivity contribution in [3.8, 4) is 0 Å². The molecule has 0 heterocycles. The molecule has 2 rings (SSSR count). The van der Waals surface area contributed by atoms with E-state index in [2.05, 4.69) is 22.9 Å². The topological polar surface area (TPSA) is 0 Å². The summed E-state index contributed by atoms with van der Waals surface area (Å²) in [5.74, 6) is 1.06. The molecule has 11 heavy (non-hydrogen) atoms. The second-order valence-corrected chi connectivity index (χ2v) is 5.49. The number of hydrogen-bond acceptors (Lipinski definition) is 0. The molecule has 0 N–H and O–H groups in total. The summed E-state index contributed by atoms with van der Waals surface area (Å²) in [4.78, 5) is 0.882. The summed E-state index contributed by atoms with van der Waals surface area (Å²) in [5, 5.41) is 0. The van der Waals surface area contributed by atoms with Crippen LogP contribution in [-0.4, -0.2) is 4.83 Å². The van der Waals surface area contributed by atoms with E-state index in [4.69, 9.17) is 0 Å². The monoisotopic (exact) mass is 216 g/mol. The number of alkyl halides is 1. The predicted octanol–water partition coefficient (Wildman–Crippen LogP) is 3.74. The first-order chi connectivity index (χ1) is 5.27. The molecule has 0 amide bonds. The third-order valence-corrected chi connectivity index (χ3v) is 5.06. The Morgan fingerprint density at radius 1 is 1.36 bits per heavy atom. The minimum absolute atomic E-state index is 0.783. The molecule has 2 saturated carbocycles. The van der Waals surface area contributed by atoms with Gasteiger partial charge in [0.25, 0.3) is 0 Å². The van der Waals surface area contributed by atoms with Gasteiger partial charge in [-0.15, -0.1) is 0 Å². The van der Waals surface area contributed by atoms with Gasteiger partial charge in [0, 0.05) is 4.83 Å². The number of halogens is 1. The van der Waals surface area contributed by atoms with Crippen molar-refractivity contribution >= 4 is 15.9 Å². The summed E-state index contributed by atoms with van der Waals surface area (Å²) in [7, 11) is 0. The van der Waals surface area contributed by atoms with Gasteiger partial charge < -0.3 is 0 Å². The second kappa shape index (κ2) is 2.76. The fraction of sp³-hybridized carbons (Fsp3) is 1.00. The van der Waals surface area contributed by atoms with Gasteiger partial charge in [-0.1, -0.05) is 29.3 Å². The Hall–Kier alpha value is 0.480. The molecule has 0 radical (unpaired) electrons. The van der Waals surface area contributed by atoms with Gasteiger partial charge in [-0.05, 0) is 43.4 Å².